The topological polar surface area (TPSA) is 26.0 Å². The third kappa shape index (κ3) is 5.50. The fourth-order valence-electron chi connectivity index (χ4n) is 0.606. The third-order valence-corrected chi connectivity index (χ3v) is 1.34. The minimum absolute atomic E-state index is 0.502. The summed E-state index contributed by atoms with van der Waals surface area (Å²) in [5.41, 5.74) is 7.50. The minimum Gasteiger partial charge on any atom is -0.399 e. The lowest BCUT2D eigenvalue weighted by Crippen LogP contribution is -1.89. The van der Waals surface area contributed by atoms with Gasteiger partial charge in [0.05, 0.1) is 0 Å². The molecule has 1 heteroatoms. The van der Waals surface area contributed by atoms with Gasteiger partial charge in [0.1, 0.15) is 0 Å². The zero-order valence-corrected chi connectivity index (χ0v) is 7.79. The summed E-state index contributed by atoms with van der Waals surface area (Å²) in [6.45, 7) is 14.7. The zero-order valence-electron chi connectivity index (χ0n) is 7.79. The molecule has 0 aromatic heterocycles. The Hall–Kier alpha value is -1.76. The average molecular weight is 173 g/mol. The summed E-state index contributed by atoms with van der Waals surface area (Å²) in [4.78, 5) is 0. The van der Waals surface area contributed by atoms with E-state index in [0.29, 0.717) is 5.70 Å². The smallest absolute Gasteiger partial charge is 0.0241 e. The van der Waals surface area contributed by atoms with Gasteiger partial charge in [-0.25, -0.2) is 0 Å². The van der Waals surface area contributed by atoms with Gasteiger partial charge >= 0.3 is 0 Å². The van der Waals surface area contributed by atoms with Gasteiger partial charge in [-0.05, 0) is 17.2 Å². The Balaban J connectivity index is 4.28. The molecule has 0 saturated carbocycles. The van der Waals surface area contributed by atoms with Crippen LogP contribution in [0.2, 0.25) is 0 Å². The van der Waals surface area contributed by atoms with Gasteiger partial charge in [-0.15, -0.1) is 0 Å². The average Bonchev–Trinajstić information content (AvgIpc) is 2.10. The van der Waals surface area contributed by atoms with Crippen molar-refractivity contribution in [3.63, 3.8) is 0 Å². The molecule has 0 unspecified atom stereocenters. The molecule has 13 heavy (non-hydrogen) atoms. The molecule has 0 heterocycles. The lowest BCUT2D eigenvalue weighted by atomic mass is 10.1. The van der Waals surface area contributed by atoms with Gasteiger partial charge in [-0.1, -0.05) is 50.6 Å². The van der Waals surface area contributed by atoms with Crippen molar-refractivity contribution in [3.05, 3.63) is 73.5 Å². The lowest BCUT2D eigenvalue weighted by Gasteiger charge is -1.97. The maximum absolute atomic E-state index is 5.35. The highest BCUT2D eigenvalue weighted by Gasteiger charge is 1.89. The van der Waals surface area contributed by atoms with Crippen LogP contribution in [-0.4, -0.2) is 0 Å². The monoisotopic (exact) mass is 173 g/mol. The maximum Gasteiger partial charge on any atom is 0.0241 e. The molecular formula is C12H15N. The van der Waals surface area contributed by atoms with Crippen molar-refractivity contribution in [3.8, 4) is 0 Å². The predicted octanol–water partition coefficient (Wildman–Crippen LogP) is 2.87. The molecule has 0 fully saturated rings. The standard InChI is InChI=1S/C12H15N/c1-5-6-7-10(2)11(3)8-9-12(4)13/h5-9H,1-4,13H2/b7-6-,9-8-. The molecule has 0 atom stereocenters. The number of hydrogen-bond donors (Lipinski definition) is 1. The lowest BCUT2D eigenvalue weighted by molar-refractivity contribution is 1.44. The van der Waals surface area contributed by atoms with Crippen molar-refractivity contribution in [2.24, 2.45) is 5.73 Å². The van der Waals surface area contributed by atoms with E-state index in [9.17, 15) is 0 Å². The van der Waals surface area contributed by atoms with Gasteiger partial charge in [-0.2, -0.15) is 0 Å². The summed E-state index contributed by atoms with van der Waals surface area (Å²) < 4.78 is 0. The molecule has 2 N–H and O–H groups in total. The molecule has 0 aromatic rings. The molecule has 1 nitrogen and oxygen atoms in total. The van der Waals surface area contributed by atoms with Crippen LogP contribution in [0.4, 0.5) is 0 Å². The minimum atomic E-state index is 0.502. The highest BCUT2D eigenvalue weighted by molar-refractivity contribution is 5.44. The SMILES string of the molecule is C=C/C=C\C(=C)C(=C)/C=C\C(=C)N. The van der Waals surface area contributed by atoms with Crippen LogP contribution in [0, 0.1) is 0 Å². The van der Waals surface area contributed by atoms with Crippen molar-refractivity contribution < 1.29 is 0 Å². The largest absolute Gasteiger partial charge is 0.399 e. The van der Waals surface area contributed by atoms with Crippen molar-refractivity contribution in [2.75, 3.05) is 0 Å². The van der Waals surface area contributed by atoms with Gasteiger partial charge in [-0.3, -0.25) is 0 Å². The first kappa shape index (κ1) is 11.2. The predicted molar refractivity (Wildman–Crippen MR) is 60.1 cm³/mol. The van der Waals surface area contributed by atoms with Crippen LogP contribution in [0.15, 0.2) is 73.5 Å². The molecule has 0 bridgehead atoms. The Bertz CT molecular complexity index is 290. The van der Waals surface area contributed by atoms with Crippen LogP contribution >= 0.6 is 0 Å². The van der Waals surface area contributed by atoms with Gasteiger partial charge in [0.15, 0.2) is 0 Å². The van der Waals surface area contributed by atoms with Crippen LogP contribution in [0.3, 0.4) is 0 Å². The Morgan fingerprint density at radius 3 is 1.92 bits per heavy atom. The molecular weight excluding hydrogens is 158 g/mol. The molecule has 68 valence electrons. The van der Waals surface area contributed by atoms with Crippen LogP contribution in [0.1, 0.15) is 0 Å². The Morgan fingerprint density at radius 1 is 0.923 bits per heavy atom. The van der Waals surface area contributed by atoms with Gasteiger partial charge < -0.3 is 5.73 Å². The second-order valence-electron chi connectivity index (χ2n) is 2.55. The molecule has 0 saturated heterocycles. The van der Waals surface area contributed by atoms with E-state index in [0.717, 1.165) is 11.1 Å². The van der Waals surface area contributed by atoms with Crippen molar-refractivity contribution >= 4 is 0 Å². The number of nitrogens with two attached hydrogens (primary N) is 1. The third-order valence-electron chi connectivity index (χ3n) is 1.34. The number of hydrogen-bond acceptors (Lipinski definition) is 1. The van der Waals surface area contributed by atoms with Crippen LogP contribution in [-0.2, 0) is 0 Å². The Labute approximate surface area is 80.0 Å². The van der Waals surface area contributed by atoms with Crippen molar-refractivity contribution in [1.82, 2.24) is 0 Å². The molecule has 0 aliphatic carbocycles. The molecule has 0 aromatic carbocycles. The van der Waals surface area contributed by atoms with Crippen LogP contribution in [0.25, 0.3) is 0 Å². The highest BCUT2D eigenvalue weighted by Crippen LogP contribution is 2.08. The van der Waals surface area contributed by atoms with E-state index in [2.05, 4.69) is 26.3 Å². The number of rotatable bonds is 5. The van der Waals surface area contributed by atoms with Crippen LogP contribution in [0.5, 0.6) is 0 Å². The van der Waals surface area contributed by atoms with E-state index in [-0.39, 0.29) is 0 Å². The maximum atomic E-state index is 5.35. The quantitative estimate of drug-likeness (QED) is 0.636. The molecule has 0 aliphatic heterocycles. The summed E-state index contributed by atoms with van der Waals surface area (Å²) in [5.74, 6) is 0. The zero-order chi connectivity index (χ0) is 10.3. The summed E-state index contributed by atoms with van der Waals surface area (Å²) in [6, 6.07) is 0. The summed E-state index contributed by atoms with van der Waals surface area (Å²) >= 11 is 0. The first-order valence-corrected chi connectivity index (χ1v) is 3.87. The first-order chi connectivity index (χ1) is 6.07. The first-order valence-electron chi connectivity index (χ1n) is 3.87. The van der Waals surface area contributed by atoms with Gasteiger partial charge in [0.25, 0.3) is 0 Å². The molecule has 0 amide bonds. The van der Waals surface area contributed by atoms with Crippen molar-refractivity contribution in [2.45, 2.75) is 0 Å². The molecule has 0 aliphatic rings. The molecule has 0 radical (unpaired) electrons. The summed E-state index contributed by atoms with van der Waals surface area (Å²) in [5, 5.41) is 0. The van der Waals surface area contributed by atoms with E-state index >= 15 is 0 Å². The van der Waals surface area contributed by atoms with E-state index in [4.69, 9.17) is 5.73 Å². The van der Waals surface area contributed by atoms with Gasteiger partial charge in [0.2, 0.25) is 0 Å². The van der Waals surface area contributed by atoms with Crippen molar-refractivity contribution in [1.29, 1.82) is 0 Å². The van der Waals surface area contributed by atoms with E-state index < -0.39 is 0 Å². The highest BCUT2D eigenvalue weighted by atomic mass is 14.5. The molecule has 0 spiro atoms. The Morgan fingerprint density at radius 2 is 1.46 bits per heavy atom. The fraction of sp³-hybridized carbons (Fsp3) is 0. The molecule has 0 rings (SSSR count). The summed E-state index contributed by atoms with van der Waals surface area (Å²) in [7, 11) is 0. The Kier molecular flexibility index (Phi) is 5.05. The van der Waals surface area contributed by atoms with Crippen LogP contribution < -0.4 is 5.73 Å². The number of allylic oxidation sites excluding steroid dienone is 7. The van der Waals surface area contributed by atoms with Gasteiger partial charge in [0, 0.05) is 5.70 Å². The normalized spacial score (nSPS) is 10.5. The van der Waals surface area contributed by atoms with E-state index in [1.807, 2.05) is 6.08 Å². The summed E-state index contributed by atoms with van der Waals surface area (Å²) in [6.07, 6.45) is 8.79. The second-order valence-corrected chi connectivity index (χ2v) is 2.55. The fourth-order valence-corrected chi connectivity index (χ4v) is 0.606. The van der Waals surface area contributed by atoms with E-state index in [1.54, 1.807) is 24.3 Å². The van der Waals surface area contributed by atoms with E-state index in [1.165, 1.54) is 0 Å². The second kappa shape index (κ2) is 5.84.